The predicted molar refractivity (Wildman–Crippen MR) is 115 cm³/mol. The summed E-state index contributed by atoms with van der Waals surface area (Å²) in [6.07, 6.45) is 1.30. The van der Waals surface area contributed by atoms with E-state index in [-0.39, 0.29) is 11.8 Å². The average molecular weight is 417 g/mol. The van der Waals surface area contributed by atoms with Gasteiger partial charge in [0.2, 0.25) is 11.8 Å². The maximum atomic E-state index is 11.8. The third-order valence-corrected chi connectivity index (χ3v) is 6.02. The Morgan fingerprint density at radius 1 is 0.733 bits per heavy atom. The first-order chi connectivity index (χ1) is 14.0. The van der Waals surface area contributed by atoms with E-state index < -0.39 is 12.1 Å². The van der Waals surface area contributed by atoms with Gasteiger partial charge >= 0.3 is 0 Å². The van der Waals surface area contributed by atoms with E-state index in [1.807, 2.05) is 37.1 Å². The maximum absolute atomic E-state index is 11.8. The van der Waals surface area contributed by atoms with Gasteiger partial charge in [-0.05, 0) is 40.5 Å². The van der Waals surface area contributed by atoms with Gasteiger partial charge in [0.25, 0.3) is 0 Å². The zero-order valence-electron chi connectivity index (χ0n) is 18.6. The highest BCUT2D eigenvalue weighted by molar-refractivity contribution is 5.97. The molecular weight excluding hydrogens is 384 g/mol. The van der Waals surface area contributed by atoms with Crippen molar-refractivity contribution in [2.45, 2.75) is 65.7 Å². The van der Waals surface area contributed by atoms with Gasteiger partial charge < -0.3 is 11.5 Å². The molecule has 10 nitrogen and oxygen atoms in total. The first kappa shape index (κ1) is 22.0. The largest absolute Gasteiger partial charge is 0.320 e. The van der Waals surface area contributed by atoms with Crippen LogP contribution in [-0.4, -0.2) is 57.6 Å². The van der Waals surface area contributed by atoms with Crippen LogP contribution in [0, 0.1) is 27.7 Å². The Bertz CT molecular complexity index is 898. The normalized spacial score (nSPS) is 21.5. The summed E-state index contributed by atoms with van der Waals surface area (Å²) in [5, 5.41) is 8.79. The van der Waals surface area contributed by atoms with Crippen LogP contribution in [0.5, 0.6) is 0 Å². The van der Waals surface area contributed by atoms with Crippen molar-refractivity contribution in [1.82, 2.24) is 19.6 Å². The Morgan fingerprint density at radius 3 is 1.40 bits per heavy atom. The molecule has 4 N–H and O–H groups in total. The fourth-order valence-electron chi connectivity index (χ4n) is 3.95. The fourth-order valence-corrected chi connectivity index (χ4v) is 3.95. The molecule has 2 aliphatic rings. The van der Waals surface area contributed by atoms with E-state index in [9.17, 15) is 9.59 Å². The highest BCUT2D eigenvalue weighted by Gasteiger charge is 2.29. The Hall–Kier alpha value is -2.72. The molecule has 30 heavy (non-hydrogen) atoms. The molecule has 2 atom stereocenters. The molecule has 0 unspecified atom stereocenters. The minimum absolute atomic E-state index is 0.0308. The van der Waals surface area contributed by atoms with E-state index in [1.54, 1.807) is 23.9 Å². The Balaban J connectivity index is 0.000000171. The van der Waals surface area contributed by atoms with Crippen molar-refractivity contribution >= 4 is 23.5 Å². The first-order valence-corrected chi connectivity index (χ1v) is 10.2. The summed E-state index contributed by atoms with van der Waals surface area (Å²) in [5.41, 5.74) is 15.6. The van der Waals surface area contributed by atoms with Crippen molar-refractivity contribution in [2.24, 2.45) is 11.5 Å². The van der Waals surface area contributed by atoms with Gasteiger partial charge in [-0.15, -0.1) is 0 Å². The van der Waals surface area contributed by atoms with Crippen molar-refractivity contribution in [3.05, 3.63) is 22.5 Å². The van der Waals surface area contributed by atoms with Crippen molar-refractivity contribution < 1.29 is 9.59 Å². The van der Waals surface area contributed by atoms with Gasteiger partial charge in [0.1, 0.15) is 11.6 Å². The van der Waals surface area contributed by atoms with Gasteiger partial charge in [-0.3, -0.25) is 19.4 Å². The number of fused-ring (bicyclic) bond motifs is 2. The van der Waals surface area contributed by atoms with Gasteiger partial charge in [-0.2, -0.15) is 10.2 Å². The number of nitrogens with zero attached hydrogens (tertiary/aromatic N) is 6. The highest BCUT2D eigenvalue weighted by atomic mass is 16.2. The lowest BCUT2D eigenvalue weighted by Gasteiger charge is -2.17. The monoisotopic (exact) mass is 416 g/mol. The van der Waals surface area contributed by atoms with E-state index in [2.05, 4.69) is 10.2 Å². The zero-order valence-corrected chi connectivity index (χ0v) is 18.6. The third-order valence-electron chi connectivity index (χ3n) is 6.02. The summed E-state index contributed by atoms with van der Waals surface area (Å²) in [6.45, 7) is 9.29. The van der Waals surface area contributed by atoms with Crippen LogP contribution >= 0.6 is 0 Å². The van der Waals surface area contributed by atoms with Crippen LogP contribution in [0.15, 0.2) is 0 Å². The lowest BCUT2D eigenvalue weighted by Crippen LogP contribution is -2.40. The number of aromatic nitrogens is 4. The lowest BCUT2D eigenvalue weighted by molar-refractivity contribution is -0.120. The average Bonchev–Trinajstić information content (AvgIpc) is 3.09. The minimum Gasteiger partial charge on any atom is -0.320 e. The number of carbonyl (C=O) groups excluding carboxylic acids is 2. The van der Waals surface area contributed by atoms with Gasteiger partial charge in [0, 0.05) is 38.3 Å². The van der Waals surface area contributed by atoms with Crippen LogP contribution in [0.25, 0.3) is 0 Å². The van der Waals surface area contributed by atoms with Crippen LogP contribution in [0.1, 0.15) is 35.4 Å². The molecule has 0 bridgehead atoms. The fraction of sp³-hybridized carbons (Fsp3) is 0.600. The Morgan fingerprint density at radius 2 is 1.07 bits per heavy atom. The smallest absolute Gasteiger partial charge is 0.244 e. The standard InChI is InChI=1S/2C10H16N4O/c2*1-6-7(2)12-14-5-4-8(11)10(15)13(3)9(6)14/h2*8H,4-5,11H2,1-3H3/t2*8-/m10/s1. The molecule has 0 aromatic carbocycles. The number of rotatable bonds is 0. The number of hydrogen-bond donors (Lipinski definition) is 2. The van der Waals surface area contributed by atoms with Gasteiger partial charge in [-0.25, -0.2) is 9.36 Å². The maximum Gasteiger partial charge on any atom is 0.244 e. The van der Waals surface area contributed by atoms with Crippen molar-refractivity contribution in [3.8, 4) is 0 Å². The summed E-state index contributed by atoms with van der Waals surface area (Å²) < 4.78 is 3.74. The molecule has 10 heteroatoms. The zero-order chi connectivity index (χ0) is 22.3. The summed E-state index contributed by atoms with van der Waals surface area (Å²) in [7, 11) is 3.51. The van der Waals surface area contributed by atoms with Crippen molar-refractivity contribution in [1.29, 1.82) is 0 Å². The second-order valence-electron chi connectivity index (χ2n) is 8.10. The summed E-state index contributed by atoms with van der Waals surface area (Å²) in [6, 6.07) is -0.812. The van der Waals surface area contributed by atoms with Crippen molar-refractivity contribution in [2.75, 3.05) is 23.9 Å². The quantitative estimate of drug-likeness (QED) is 0.639. The number of nitrogens with two attached hydrogens (primary N) is 2. The number of amides is 2. The van der Waals surface area contributed by atoms with Gasteiger partial charge in [0.15, 0.2) is 0 Å². The van der Waals surface area contributed by atoms with Crippen LogP contribution in [-0.2, 0) is 22.7 Å². The molecule has 0 saturated heterocycles. The number of hydrogen-bond acceptors (Lipinski definition) is 6. The number of aryl methyl sites for hydroxylation is 4. The number of carbonyl (C=O) groups is 2. The van der Waals surface area contributed by atoms with E-state index >= 15 is 0 Å². The molecule has 2 aromatic rings. The molecule has 4 heterocycles. The molecule has 0 spiro atoms. The minimum atomic E-state index is -0.406. The molecule has 0 aliphatic carbocycles. The van der Waals surface area contributed by atoms with E-state index in [0.29, 0.717) is 25.9 Å². The summed E-state index contributed by atoms with van der Waals surface area (Å²) in [4.78, 5) is 26.9. The molecule has 4 rings (SSSR count). The van der Waals surface area contributed by atoms with E-state index in [0.717, 1.165) is 34.2 Å². The lowest BCUT2D eigenvalue weighted by atomic mass is 10.2. The molecule has 0 saturated carbocycles. The third kappa shape index (κ3) is 3.72. The van der Waals surface area contributed by atoms with Crippen LogP contribution in [0.2, 0.25) is 0 Å². The molecule has 2 aromatic heterocycles. The van der Waals surface area contributed by atoms with Gasteiger partial charge in [0.05, 0.1) is 23.5 Å². The molecule has 0 radical (unpaired) electrons. The first-order valence-electron chi connectivity index (χ1n) is 10.2. The van der Waals surface area contributed by atoms with Crippen LogP contribution < -0.4 is 21.3 Å². The Labute approximate surface area is 176 Å². The molecule has 2 amide bonds. The number of likely N-dealkylation sites (N-methyl/N-ethyl adjacent to an activating group) is 2. The molecule has 164 valence electrons. The Kier molecular flexibility index (Phi) is 6.00. The van der Waals surface area contributed by atoms with E-state index in [1.165, 1.54) is 0 Å². The molecule has 0 fully saturated rings. The second-order valence-corrected chi connectivity index (χ2v) is 8.10. The predicted octanol–water partition coefficient (Wildman–Crippen LogP) is 0.387. The van der Waals surface area contributed by atoms with Gasteiger partial charge in [-0.1, -0.05) is 0 Å². The van der Waals surface area contributed by atoms with Crippen LogP contribution in [0.3, 0.4) is 0 Å². The SMILES string of the molecule is Cc1nn2c(c1C)N(C)C(=O)[C@@H](N)CC2.Cc1nn2c(c1C)N(C)C(=O)[C@H](N)CC2. The van der Waals surface area contributed by atoms with Crippen LogP contribution in [0.4, 0.5) is 11.6 Å². The molecular formula is C20H32N8O2. The molecule has 2 aliphatic heterocycles. The summed E-state index contributed by atoms with van der Waals surface area (Å²) in [5.74, 6) is 1.70. The van der Waals surface area contributed by atoms with E-state index in [4.69, 9.17) is 11.5 Å². The highest BCUT2D eigenvalue weighted by Crippen LogP contribution is 2.26. The second kappa shape index (κ2) is 8.19. The topological polar surface area (TPSA) is 128 Å². The summed E-state index contributed by atoms with van der Waals surface area (Å²) >= 11 is 0. The van der Waals surface area contributed by atoms with Crippen molar-refractivity contribution in [3.63, 3.8) is 0 Å². The number of anilines is 2.